The molecule has 1 aliphatic rings. The first-order chi connectivity index (χ1) is 9.36. The number of aromatic nitrogens is 4. The van der Waals surface area contributed by atoms with Crippen LogP contribution in [0.3, 0.4) is 0 Å². The van der Waals surface area contributed by atoms with Gasteiger partial charge in [0.05, 0.1) is 18.7 Å². The average molecular weight is 254 g/mol. The van der Waals surface area contributed by atoms with Gasteiger partial charge in [-0.2, -0.15) is 5.26 Å². The van der Waals surface area contributed by atoms with Crippen LogP contribution in [0.15, 0.2) is 31.1 Å². The Morgan fingerprint density at radius 3 is 3.00 bits per heavy atom. The molecule has 96 valence electrons. The number of nitriles is 1. The normalized spacial score (nSPS) is 18.5. The van der Waals surface area contributed by atoms with Crippen LogP contribution in [0.4, 0.5) is 5.82 Å². The quantitative estimate of drug-likeness (QED) is 0.823. The second kappa shape index (κ2) is 5.06. The standard InChI is InChI=1S/C13H14N6/c14-6-11-7-17-13(8-16-11)19-4-1-2-12(19)9-18-5-3-15-10-18/h3,5,7-8,10,12H,1-2,4,9H2. The van der Waals surface area contributed by atoms with Gasteiger partial charge in [-0.05, 0) is 12.8 Å². The van der Waals surface area contributed by atoms with Crippen molar-refractivity contribution in [3.05, 3.63) is 36.8 Å². The summed E-state index contributed by atoms with van der Waals surface area (Å²) >= 11 is 0. The van der Waals surface area contributed by atoms with Gasteiger partial charge in [-0.25, -0.2) is 15.0 Å². The molecule has 3 rings (SSSR count). The Kier molecular flexibility index (Phi) is 3.11. The van der Waals surface area contributed by atoms with Crippen LogP contribution >= 0.6 is 0 Å². The largest absolute Gasteiger partial charge is 0.351 e. The molecule has 1 atom stereocenters. The molecular weight excluding hydrogens is 240 g/mol. The van der Waals surface area contributed by atoms with Gasteiger partial charge >= 0.3 is 0 Å². The van der Waals surface area contributed by atoms with E-state index in [1.54, 1.807) is 12.4 Å². The number of anilines is 1. The zero-order chi connectivity index (χ0) is 13.1. The van der Waals surface area contributed by atoms with Crippen LogP contribution in [0, 0.1) is 11.3 Å². The third-order valence-corrected chi connectivity index (χ3v) is 3.40. The fourth-order valence-corrected chi connectivity index (χ4v) is 2.49. The van der Waals surface area contributed by atoms with Crippen LogP contribution in [0.2, 0.25) is 0 Å². The molecule has 1 unspecified atom stereocenters. The Hall–Kier alpha value is -2.42. The minimum Gasteiger partial charge on any atom is -0.351 e. The van der Waals surface area contributed by atoms with E-state index >= 15 is 0 Å². The van der Waals surface area contributed by atoms with E-state index in [1.807, 2.05) is 18.6 Å². The van der Waals surface area contributed by atoms with E-state index in [0.29, 0.717) is 11.7 Å². The maximum absolute atomic E-state index is 8.74. The zero-order valence-electron chi connectivity index (χ0n) is 10.5. The predicted molar refractivity (Wildman–Crippen MR) is 69.3 cm³/mol. The highest BCUT2D eigenvalue weighted by Gasteiger charge is 2.26. The molecule has 1 aliphatic heterocycles. The molecule has 0 aromatic carbocycles. The second-order valence-corrected chi connectivity index (χ2v) is 4.62. The van der Waals surface area contributed by atoms with Crippen LogP contribution in [-0.2, 0) is 6.54 Å². The predicted octanol–water partition coefficient (Wildman–Crippen LogP) is 1.21. The van der Waals surface area contributed by atoms with Crippen molar-refractivity contribution in [2.75, 3.05) is 11.4 Å². The number of nitrogens with zero attached hydrogens (tertiary/aromatic N) is 6. The van der Waals surface area contributed by atoms with Gasteiger partial charge in [0.2, 0.25) is 0 Å². The van der Waals surface area contributed by atoms with Crippen LogP contribution in [-0.4, -0.2) is 32.1 Å². The Bertz CT molecular complexity index is 568. The lowest BCUT2D eigenvalue weighted by molar-refractivity contribution is 0.546. The van der Waals surface area contributed by atoms with Crippen molar-refractivity contribution in [1.82, 2.24) is 19.5 Å². The molecule has 2 aromatic rings. The lowest BCUT2D eigenvalue weighted by Crippen LogP contribution is -2.33. The van der Waals surface area contributed by atoms with E-state index in [-0.39, 0.29) is 0 Å². The van der Waals surface area contributed by atoms with Crippen LogP contribution in [0.1, 0.15) is 18.5 Å². The summed E-state index contributed by atoms with van der Waals surface area (Å²) in [6.45, 7) is 1.89. The van der Waals surface area contributed by atoms with Crippen molar-refractivity contribution in [3.63, 3.8) is 0 Å². The molecule has 6 nitrogen and oxygen atoms in total. The maximum atomic E-state index is 8.74. The lowest BCUT2D eigenvalue weighted by atomic mass is 10.2. The molecule has 1 saturated heterocycles. The Balaban J connectivity index is 1.76. The Morgan fingerprint density at radius 1 is 1.37 bits per heavy atom. The van der Waals surface area contributed by atoms with E-state index in [1.165, 1.54) is 6.20 Å². The monoisotopic (exact) mass is 254 g/mol. The minimum absolute atomic E-state index is 0.356. The first kappa shape index (κ1) is 11.7. The first-order valence-corrected chi connectivity index (χ1v) is 6.31. The van der Waals surface area contributed by atoms with Gasteiger partial charge in [-0.3, -0.25) is 0 Å². The number of hydrogen-bond donors (Lipinski definition) is 0. The summed E-state index contributed by atoms with van der Waals surface area (Å²) in [5, 5.41) is 8.74. The van der Waals surface area contributed by atoms with Gasteiger partial charge in [0.25, 0.3) is 0 Å². The summed E-state index contributed by atoms with van der Waals surface area (Å²) in [5.74, 6) is 0.849. The molecule has 0 spiro atoms. The highest BCUT2D eigenvalue weighted by Crippen LogP contribution is 2.24. The molecule has 0 amide bonds. The van der Waals surface area contributed by atoms with Crippen LogP contribution < -0.4 is 4.90 Å². The summed E-state index contributed by atoms with van der Waals surface area (Å²) in [5.41, 5.74) is 0.356. The Morgan fingerprint density at radius 2 is 2.32 bits per heavy atom. The molecule has 1 fully saturated rings. The number of imidazole rings is 1. The zero-order valence-corrected chi connectivity index (χ0v) is 10.5. The molecule has 19 heavy (non-hydrogen) atoms. The molecule has 0 saturated carbocycles. The van der Waals surface area contributed by atoms with Gasteiger partial charge in [-0.1, -0.05) is 0 Å². The third-order valence-electron chi connectivity index (χ3n) is 3.40. The first-order valence-electron chi connectivity index (χ1n) is 6.31. The van der Waals surface area contributed by atoms with Crippen molar-refractivity contribution in [3.8, 4) is 6.07 Å². The van der Waals surface area contributed by atoms with E-state index in [9.17, 15) is 0 Å². The van der Waals surface area contributed by atoms with Crippen molar-refractivity contribution in [1.29, 1.82) is 5.26 Å². The molecule has 3 heterocycles. The van der Waals surface area contributed by atoms with Crippen molar-refractivity contribution in [2.24, 2.45) is 0 Å². The summed E-state index contributed by atoms with van der Waals surface area (Å²) in [7, 11) is 0. The lowest BCUT2D eigenvalue weighted by Gasteiger charge is -2.25. The SMILES string of the molecule is N#Cc1cnc(N2CCCC2Cn2ccnc2)cn1. The third kappa shape index (κ3) is 2.40. The molecule has 0 radical (unpaired) electrons. The molecule has 0 bridgehead atoms. The summed E-state index contributed by atoms with van der Waals surface area (Å²) in [4.78, 5) is 14.7. The minimum atomic E-state index is 0.356. The smallest absolute Gasteiger partial charge is 0.158 e. The van der Waals surface area contributed by atoms with Crippen LogP contribution in [0.25, 0.3) is 0 Å². The maximum Gasteiger partial charge on any atom is 0.158 e. The average Bonchev–Trinajstić information content (AvgIpc) is 3.11. The van der Waals surface area contributed by atoms with Gasteiger partial charge in [0.15, 0.2) is 5.69 Å². The summed E-state index contributed by atoms with van der Waals surface area (Å²) < 4.78 is 2.08. The van der Waals surface area contributed by atoms with E-state index < -0.39 is 0 Å². The highest BCUT2D eigenvalue weighted by atomic mass is 15.3. The topological polar surface area (TPSA) is 70.6 Å². The molecule has 6 heteroatoms. The van der Waals surface area contributed by atoms with Crippen molar-refractivity contribution >= 4 is 5.82 Å². The molecule has 0 N–H and O–H groups in total. The number of hydrogen-bond acceptors (Lipinski definition) is 5. The highest BCUT2D eigenvalue weighted by molar-refractivity contribution is 5.39. The van der Waals surface area contributed by atoms with Gasteiger partial charge < -0.3 is 9.47 Å². The van der Waals surface area contributed by atoms with Crippen molar-refractivity contribution < 1.29 is 0 Å². The molecule has 0 aliphatic carbocycles. The fourth-order valence-electron chi connectivity index (χ4n) is 2.49. The van der Waals surface area contributed by atoms with Crippen molar-refractivity contribution in [2.45, 2.75) is 25.4 Å². The Labute approximate surface area is 111 Å². The fraction of sp³-hybridized carbons (Fsp3) is 0.385. The van der Waals surface area contributed by atoms with Gasteiger partial charge in [0, 0.05) is 31.5 Å². The van der Waals surface area contributed by atoms with Crippen LogP contribution in [0.5, 0.6) is 0 Å². The van der Waals surface area contributed by atoms with E-state index in [4.69, 9.17) is 5.26 Å². The van der Waals surface area contributed by atoms with E-state index in [0.717, 1.165) is 31.7 Å². The molecule has 2 aromatic heterocycles. The van der Waals surface area contributed by atoms with Gasteiger partial charge in [-0.15, -0.1) is 0 Å². The van der Waals surface area contributed by atoms with E-state index in [2.05, 4.69) is 24.4 Å². The summed E-state index contributed by atoms with van der Waals surface area (Å²) in [6, 6.07) is 2.40. The number of rotatable bonds is 3. The summed E-state index contributed by atoms with van der Waals surface area (Å²) in [6.07, 6.45) is 11.1. The molecular formula is C13H14N6. The van der Waals surface area contributed by atoms with Gasteiger partial charge in [0.1, 0.15) is 11.9 Å². The second-order valence-electron chi connectivity index (χ2n) is 4.62.